The largest absolute Gasteiger partial charge is 0.382 e. The first-order valence-corrected chi connectivity index (χ1v) is 4.61. The van der Waals surface area contributed by atoms with E-state index < -0.39 is 0 Å². The molecule has 0 bridgehead atoms. The molecule has 0 aliphatic heterocycles. The second-order valence-corrected chi connectivity index (χ2v) is 3.34. The second-order valence-electron chi connectivity index (χ2n) is 2.42. The molecule has 0 aromatic carbocycles. The fourth-order valence-corrected chi connectivity index (χ4v) is 1.21. The molecular weight excluding hydrogens is 218 g/mol. The number of pyridine rings is 1. The highest BCUT2D eigenvalue weighted by molar-refractivity contribution is 9.10. The molecule has 0 amide bonds. The number of nitrogens with zero attached hydrogens (tertiary/aromatic N) is 1. The molecule has 0 aliphatic carbocycles. The molecule has 0 saturated heterocycles. The molecule has 2 N–H and O–H groups in total. The van der Waals surface area contributed by atoms with Gasteiger partial charge < -0.3 is 10.6 Å². The van der Waals surface area contributed by atoms with Crippen LogP contribution in [0.5, 0.6) is 0 Å². The van der Waals surface area contributed by atoms with Crippen LogP contribution in [-0.2, 0) is 0 Å². The molecule has 0 unspecified atom stereocenters. The number of aromatic nitrogens is 1. The Balaban J connectivity index is 2.41. The molecule has 0 atom stereocenters. The van der Waals surface area contributed by atoms with E-state index in [0.717, 1.165) is 23.2 Å². The average Bonchev–Trinajstić information content (AvgIpc) is 2.05. The third-order valence-electron chi connectivity index (χ3n) is 1.41. The first-order chi connectivity index (χ1) is 5.83. The zero-order valence-electron chi connectivity index (χ0n) is 6.97. The fourth-order valence-electron chi connectivity index (χ4n) is 0.840. The molecule has 1 aromatic rings. The van der Waals surface area contributed by atoms with Gasteiger partial charge >= 0.3 is 0 Å². The van der Waals surface area contributed by atoms with E-state index in [2.05, 4.69) is 31.5 Å². The van der Waals surface area contributed by atoms with Crippen LogP contribution in [0.1, 0.15) is 0 Å². The topological polar surface area (TPSA) is 37.0 Å². The summed E-state index contributed by atoms with van der Waals surface area (Å²) in [6, 6.07) is 2.00. The molecule has 0 fully saturated rings. The van der Waals surface area contributed by atoms with Crippen LogP contribution in [0.2, 0.25) is 0 Å². The molecule has 0 saturated carbocycles. The van der Waals surface area contributed by atoms with Crippen molar-refractivity contribution < 1.29 is 0 Å². The van der Waals surface area contributed by atoms with Crippen LogP contribution in [0, 0.1) is 0 Å². The summed E-state index contributed by atoms with van der Waals surface area (Å²) in [6.07, 6.45) is 3.57. The highest BCUT2D eigenvalue weighted by atomic mass is 79.9. The quantitative estimate of drug-likeness (QED) is 0.769. The summed E-state index contributed by atoms with van der Waals surface area (Å²) in [4.78, 5) is 4.03. The maximum atomic E-state index is 4.03. The van der Waals surface area contributed by atoms with E-state index in [0.29, 0.717) is 0 Å². The maximum absolute atomic E-state index is 4.03. The lowest BCUT2D eigenvalue weighted by Crippen LogP contribution is -2.17. The highest BCUT2D eigenvalue weighted by Crippen LogP contribution is 2.12. The van der Waals surface area contributed by atoms with Crippen LogP contribution in [0.4, 0.5) is 5.69 Å². The molecular formula is C8H12BrN3. The van der Waals surface area contributed by atoms with Gasteiger partial charge in [0.2, 0.25) is 0 Å². The molecule has 1 rings (SSSR count). The Bertz CT molecular complexity index is 239. The van der Waals surface area contributed by atoms with E-state index in [1.54, 1.807) is 12.4 Å². The van der Waals surface area contributed by atoms with Crippen LogP contribution >= 0.6 is 15.9 Å². The number of nitrogens with one attached hydrogen (secondary N) is 2. The Kier molecular flexibility index (Phi) is 4.04. The Hall–Kier alpha value is -0.610. The monoisotopic (exact) mass is 229 g/mol. The van der Waals surface area contributed by atoms with Crippen molar-refractivity contribution in [2.24, 2.45) is 0 Å². The maximum Gasteiger partial charge on any atom is 0.0538 e. The summed E-state index contributed by atoms with van der Waals surface area (Å²) < 4.78 is 0.997. The zero-order valence-corrected chi connectivity index (χ0v) is 8.56. The van der Waals surface area contributed by atoms with Crippen molar-refractivity contribution in [2.75, 3.05) is 25.5 Å². The minimum Gasteiger partial charge on any atom is -0.382 e. The van der Waals surface area contributed by atoms with Gasteiger partial charge in [-0.15, -0.1) is 0 Å². The van der Waals surface area contributed by atoms with Gasteiger partial charge in [-0.1, -0.05) is 0 Å². The van der Waals surface area contributed by atoms with Crippen molar-refractivity contribution >= 4 is 21.6 Å². The molecule has 3 nitrogen and oxygen atoms in total. The van der Waals surface area contributed by atoms with Crippen LogP contribution in [0.3, 0.4) is 0 Å². The molecule has 0 radical (unpaired) electrons. The van der Waals surface area contributed by atoms with Crippen molar-refractivity contribution in [3.63, 3.8) is 0 Å². The Labute approximate surface area is 80.7 Å². The smallest absolute Gasteiger partial charge is 0.0538 e. The van der Waals surface area contributed by atoms with Gasteiger partial charge in [-0.2, -0.15) is 0 Å². The van der Waals surface area contributed by atoms with Gasteiger partial charge in [0.25, 0.3) is 0 Å². The van der Waals surface area contributed by atoms with Gasteiger partial charge in [0.05, 0.1) is 11.9 Å². The zero-order chi connectivity index (χ0) is 8.81. The molecule has 4 heteroatoms. The first kappa shape index (κ1) is 9.48. The third-order valence-corrected chi connectivity index (χ3v) is 1.84. The predicted octanol–water partition coefficient (Wildman–Crippen LogP) is 1.48. The Morgan fingerprint density at radius 1 is 1.42 bits per heavy atom. The highest BCUT2D eigenvalue weighted by Gasteiger charge is 1.91. The number of halogens is 1. The van der Waals surface area contributed by atoms with Gasteiger partial charge in [0.1, 0.15) is 0 Å². The third kappa shape index (κ3) is 3.19. The van der Waals surface area contributed by atoms with Gasteiger partial charge in [-0.25, -0.2) is 0 Å². The van der Waals surface area contributed by atoms with Crippen LogP contribution in [0.25, 0.3) is 0 Å². The van der Waals surface area contributed by atoms with Crippen molar-refractivity contribution in [2.45, 2.75) is 0 Å². The van der Waals surface area contributed by atoms with Gasteiger partial charge in [0.15, 0.2) is 0 Å². The van der Waals surface area contributed by atoms with E-state index in [1.165, 1.54) is 0 Å². The van der Waals surface area contributed by atoms with E-state index in [1.807, 2.05) is 13.1 Å². The Morgan fingerprint density at radius 3 is 2.92 bits per heavy atom. The van der Waals surface area contributed by atoms with Crippen molar-refractivity contribution in [1.82, 2.24) is 10.3 Å². The minimum absolute atomic E-state index is 0.911. The molecule has 0 spiro atoms. The second kappa shape index (κ2) is 5.11. The van der Waals surface area contributed by atoms with Gasteiger partial charge in [-0.3, -0.25) is 4.98 Å². The number of anilines is 1. The van der Waals surface area contributed by atoms with Crippen molar-refractivity contribution in [3.8, 4) is 0 Å². The van der Waals surface area contributed by atoms with Crippen molar-refractivity contribution in [1.29, 1.82) is 0 Å². The van der Waals surface area contributed by atoms with E-state index in [9.17, 15) is 0 Å². The summed E-state index contributed by atoms with van der Waals surface area (Å²) in [5.41, 5.74) is 1.04. The standard InChI is InChI=1S/C8H12BrN3/c1-10-2-3-12-8-4-7(9)5-11-6-8/h4-6,10,12H,2-3H2,1H3. The van der Waals surface area contributed by atoms with Crippen LogP contribution < -0.4 is 10.6 Å². The fraction of sp³-hybridized carbons (Fsp3) is 0.375. The first-order valence-electron chi connectivity index (χ1n) is 3.82. The van der Waals surface area contributed by atoms with E-state index in [-0.39, 0.29) is 0 Å². The minimum atomic E-state index is 0.911. The molecule has 1 aromatic heterocycles. The van der Waals surface area contributed by atoms with E-state index >= 15 is 0 Å². The predicted molar refractivity (Wildman–Crippen MR) is 54.4 cm³/mol. The summed E-state index contributed by atoms with van der Waals surface area (Å²) in [5, 5.41) is 6.29. The summed E-state index contributed by atoms with van der Waals surface area (Å²) in [7, 11) is 1.93. The normalized spacial score (nSPS) is 9.83. The lowest BCUT2D eigenvalue weighted by molar-refractivity contribution is 0.823. The summed E-state index contributed by atoms with van der Waals surface area (Å²) in [6.45, 7) is 1.86. The number of rotatable bonds is 4. The van der Waals surface area contributed by atoms with Gasteiger partial charge in [0, 0.05) is 23.8 Å². The molecule has 0 aliphatic rings. The average molecular weight is 230 g/mol. The number of likely N-dealkylation sites (N-methyl/N-ethyl adjacent to an activating group) is 1. The lowest BCUT2D eigenvalue weighted by Gasteiger charge is -2.04. The van der Waals surface area contributed by atoms with Gasteiger partial charge in [-0.05, 0) is 29.0 Å². The molecule has 66 valence electrons. The SMILES string of the molecule is CNCCNc1cncc(Br)c1. The molecule has 12 heavy (non-hydrogen) atoms. The molecule has 1 heterocycles. The summed E-state index contributed by atoms with van der Waals surface area (Å²) >= 11 is 3.35. The number of hydrogen-bond donors (Lipinski definition) is 2. The Morgan fingerprint density at radius 2 is 2.25 bits per heavy atom. The lowest BCUT2D eigenvalue weighted by atomic mass is 10.4. The van der Waals surface area contributed by atoms with E-state index in [4.69, 9.17) is 0 Å². The van der Waals surface area contributed by atoms with Crippen LogP contribution in [0.15, 0.2) is 22.9 Å². The van der Waals surface area contributed by atoms with Crippen molar-refractivity contribution in [3.05, 3.63) is 22.9 Å². The summed E-state index contributed by atoms with van der Waals surface area (Å²) in [5.74, 6) is 0. The van der Waals surface area contributed by atoms with Crippen LogP contribution in [-0.4, -0.2) is 25.1 Å². The number of hydrogen-bond acceptors (Lipinski definition) is 3.